The molecular weight excluding hydrogens is 272 g/mol. The Morgan fingerprint density at radius 2 is 2.05 bits per heavy atom. The van der Waals surface area contributed by atoms with Gasteiger partial charge in [-0.05, 0) is 26.0 Å². The maximum Gasteiger partial charge on any atom is 0.301 e. The summed E-state index contributed by atoms with van der Waals surface area (Å²) in [5.74, 6) is 5.55. The van der Waals surface area contributed by atoms with Gasteiger partial charge in [0.25, 0.3) is 0 Å². The summed E-state index contributed by atoms with van der Waals surface area (Å²) in [6.07, 6.45) is 0.927. The molecule has 0 bridgehead atoms. The Balaban J connectivity index is 2.79. The first-order chi connectivity index (χ1) is 9.88. The van der Waals surface area contributed by atoms with Gasteiger partial charge in [0.1, 0.15) is 5.76 Å². The number of hydrogen-bond donors (Lipinski definition) is 2. The molecule has 1 rings (SSSR count). The first-order valence-electron chi connectivity index (χ1n) is 6.91. The number of aryl methyl sites for hydroxylation is 1. The molecule has 0 atom stereocenters. The third kappa shape index (κ3) is 4.87. The number of nitrogens with zero attached hydrogens (tertiary/aromatic N) is 2. The second-order valence-corrected chi connectivity index (χ2v) is 5.20. The summed E-state index contributed by atoms with van der Waals surface area (Å²) in [6, 6.07) is 1.80. The number of carbonyl (C=O) groups excluding carboxylic acids is 2. The number of nitrogens with one attached hydrogen (secondary N) is 1. The van der Waals surface area contributed by atoms with Gasteiger partial charge in [-0.15, -0.1) is 0 Å². The van der Waals surface area contributed by atoms with Gasteiger partial charge < -0.3 is 9.32 Å². The van der Waals surface area contributed by atoms with Crippen LogP contribution >= 0.6 is 0 Å². The molecule has 7 heteroatoms. The van der Waals surface area contributed by atoms with E-state index in [-0.39, 0.29) is 11.7 Å². The third-order valence-electron chi connectivity index (χ3n) is 3.08. The average molecular weight is 296 g/mol. The normalized spacial score (nSPS) is 10.8. The minimum absolute atomic E-state index is 0.0339. The summed E-state index contributed by atoms with van der Waals surface area (Å²) in [4.78, 5) is 26.9. The molecule has 0 aliphatic rings. The quantitative estimate of drug-likeness (QED) is 0.434. The van der Waals surface area contributed by atoms with Crippen LogP contribution in [0.1, 0.15) is 35.2 Å². The van der Waals surface area contributed by atoms with Crippen molar-refractivity contribution in [3.63, 3.8) is 0 Å². The maximum absolute atomic E-state index is 11.8. The predicted octanol–water partition coefficient (Wildman–Crippen LogP) is 0.492. The van der Waals surface area contributed by atoms with Gasteiger partial charge >= 0.3 is 5.91 Å². The number of hydrazine groups is 1. The summed E-state index contributed by atoms with van der Waals surface area (Å²) in [5.41, 5.74) is 2.78. The molecule has 0 fully saturated rings. The Morgan fingerprint density at radius 3 is 2.57 bits per heavy atom. The third-order valence-corrected chi connectivity index (χ3v) is 3.08. The van der Waals surface area contributed by atoms with Crippen LogP contribution in [-0.4, -0.2) is 48.8 Å². The minimum atomic E-state index is -0.454. The van der Waals surface area contributed by atoms with Crippen molar-refractivity contribution in [2.24, 2.45) is 5.84 Å². The number of hydrogen-bond acceptors (Lipinski definition) is 5. The van der Waals surface area contributed by atoms with Gasteiger partial charge in [-0.25, -0.2) is 5.84 Å². The molecule has 0 unspecified atom stereocenters. The fourth-order valence-corrected chi connectivity index (χ4v) is 2.00. The Kier molecular flexibility index (Phi) is 6.39. The molecule has 0 radical (unpaired) electrons. The number of amides is 2. The molecule has 7 nitrogen and oxygen atoms in total. The zero-order chi connectivity index (χ0) is 16.0. The maximum atomic E-state index is 11.8. The Morgan fingerprint density at radius 1 is 1.38 bits per heavy atom. The van der Waals surface area contributed by atoms with Gasteiger partial charge in [0, 0.05) is 19.7 Å². The molecule has 1 aromatic heterocycles. The molecule has 0 aromatic carbocycles. The van der Waals surface area contributed by atoms with Crippen molar-refractivity contribution in [1.29, 1.82) is 0 Å². The number of nitrogens with two attached hydrogens (primary N) is 1. The van der Waals surface area contributed by atoms with Gasteiger partial charge in [0.2, 0.25) is 5.91 Å². The number of nitrogen functional groups attached to an aromatic ring is 1. The summed E-state index contributed by atoms with van der Waals surface area (Å²) >= 11 is 0. The zero-order valence-corrected chi connectivity index (χ0v) is 13.1. The van der Waals surface area contributed by atoms with Crippen LogP contribution in [0, 0.1) is 6.92 Å². The largest absolute Gasteiger partial charge is 0.454 e. The van der Waals surface area contributed by atoms with E-state index in [1.54, 1.807) is 32.0 Å². The molecule has 21 heavy (non-hydrogen) atoms. The van der Waals surface area contributed by atoms with E-state index in [4.69, 9.17) is 10.3 Å². The van der Waals surface area contributed by atoms with Crippen molar-refractivity contribution in [3.8, 4) is 0 Å². The molecule has 0 saturated carbocycles. The number of rotatable bonds is 7. The van der Waals surface area contributed by atoms with E-state index < -0.39 is 5.91 Å². The lowest BCUT2D eigenvalue weighted by atomic mass is 10.2. The van der Waals surface area contributed by atoms with Crippen molar-refractivity contribution < 1.29 is 14.0 Å². The van der Waals surface area contributed by atoms with E-state index in [1.165, 1.54) is 0 Å². The van der Waals surface area contributed by atoms with Crippen LogP contribution in [0.3, 0.4) is 0 Å². The average Bonchev–Trinajstić information content (AvgIpc) is 2.78. The molecule has 1 heterocycles. The highest BCUT2D eigenvalue weighted by molar-refractivity contribution is 5.92. The lowest BCUT2D eigenvalue weighted by molar-refractivity contribution is -0.130. The topological polar surface area (TPSA) is 91.8 Å². The number of furan rings is 1. The van der Waals surface area contributed by atoms with E-state index in [0.717, 1.165) is 18.5 Å². The van der Waals surface area contributed by atoms with Gasteiger partial charge in [0.05, 0.1) is 13.1 Å². The van der Waals surface area contributed by atoms with Crippen molar-refractivity contribution in [2.45, 2.75) is 26.8 Å². The van der Waals surface area contributed by atoms with Crippen molar-refractivity contribution in [2.75, 3.05) is 27.2 Å². The monoisotopic (exact) mass is 296 g/mol. The zero-order valence-electron chi connectivity index (χ0n) is 13.1. The SMILES string of the molecule is CCCN(CC(=O)N(C)C)Cc1cc(C)c(C(=O)NN)o1. The van der Waals surface area contributed by atoms with Crippen molar-refractivity contribution >= 4 is 11.8 Å². The smallest absolute Gasteiger partial charge is 0.301 e. The summed E-state index contributed by atoms with van der Waals surface area (Å²) in [6.45, 7) is 5.41. The van der Waals surface area contributed by atoms with E-state index in [0.29, 0.717) is 18.8 Å². The molecule has 118 valence electrons. The van der Waals surface area contributed by atoms with Gasteiger partial charge in [-0.3, -0.25) is 19.9 Å². The highest BCUT2D eigenvalue weighted by Gasteiger charge is 2.18. The van der Waals surface area contributed by atoms with Gasteiger partial charge in [-0.1, -0.05) is 6.92 Å². The van der Waals surface area contributed by atoms with E-state index >= 15 is 0 Å². The second-order valence-electron chi connectivity index (χ2n) is 5.20. The fraction of sp³-hybridized carbons (Fsp3) is 0.571. The van der Waals surface area contributed by atoms with Gasteiger partial charge in [-0.2, -0.15) is 0 Å². The molecule has 0 aliphatic heterocycles. The highest BCUT2D eigenvalue weighted by Crippen LogP contribution is 2.16. The van der Waals surface area contributed by atoms with Gasteiger partial charge in [0.15, 0.2) is 5.76 Å². The fourth-order valence-electron chi connectivity index (χ4n) is 2.00. The van der Waals surface area contributed by atoms with E-state index in [1.807, 2.05) is 11.8 Å². The van der Waals surface area contributed by atoms with Crippen molar-refractivity contribution in [3.05, 3.63) is 23.2 Å². The standard InChI is InChI=1S/C14H24N4O3/c1-5-6-18(9-12(19)17(3)4)8-11-7-10(2)13(21-11)14(20)16-15/h7H,5-6,8-9,15H2,1-4H3,(H,16,20). The van der Waals surface area contributed by atoms with Crippen molar-refractivity contribution in [1.82, 2.24) is 15.2 Å². The molecule has 0 spiro atoms. The highest BCUT2D eigenvalue weighted by atomic mass is 16.4. The number of carbonyl (C=O) groups is 2. The molecule has 0 aliphatic carbocycles. The molecule has 0 saturated heterocycles. The molecule has 2 amide bonds. The second kappa shape index (κ2) is 7.80. The van der Waals surface area contributed by atoms with Crippen LogP contribution in [0.2, 0.25) is 0 Å². The van der Waals surface area contributed by atoms with Crippen LogP contribution in [-0.2, 0) is 11.3 Å². The van der Waals surface area contributed by atoms with E-state index in [9.17, 15) is 9.59 Å². The summed E-state index contributed by atoms with van der Waals surface area (Å²) < 4.78 is 5.53. The van der Waals surface area contributed by atoms with Crippen LogP contribution < -0.4 is 11.3 Å². The Labute approximate surface area is 125 Å². The first-order valence-corrected chi connectivity index (χ1v) is 6.91. The Hall–Kier alpha value is -1.86. The molecular formula is C14H24N4O3. The minimum Gasteiger partial charge on any atom is -0.454 e. The first kappa shape index (κ1) is 17.2. The lowest BCUT2D eigenvalue weighted by Crippen LogP contribution is -2.36. The van der Waals surface area contributed by atoms with Crippen LogP contribution in [0.15, 0.2) is 10.5 Å². The van der Waals surface area contributed by atoms with Crippen LogP contribution in [0.5, 0.6) is 0 Å². The molecule has 1 aromatic rings. The van der Waals surface area contributed by atoms with Crippen LogP contribution in [0.25, 0.3) is 0 Å². The Bertz CT molecular complexity index is 496. The summed E-state index contributed by atoms with van der Waals surface area (Å²) in [7, 11) is 3.46. The number of likely N-dealkylation sites (N-methyl/N-ethyl adjacent to an activating group) is 1. The summed E-state index contributed by atoms with van der Waals surface area (Å²) in [5, 5.41) is 0. The predicted molar refractivity (Wildman–Crippen MR) is 79.4 cm³/mol. The molecule has 3 N–H and O–H groups in total. The lowest BCUT2D eigenvalue weighted by Gasteiger charge is -2.21. The van der Waals surface area contributed by atoms with E-state index in [2.05, 4.69) is 5.43 Å². The van der Waals surface area contributed by atoms with Crippen LogP contribution in [0.4, 0.5) is 0 Å².